The summed E-state index contributed by atoms with van der Waals surface area (Å²) in [5, 5.41) is 2.96. The molecule has 0 fully saturated rings. The Morgan fingerprint density at radius 3 is 2.65 bits per heavy atom. The highest BCUT2D eigenvalue weighted by molar-refractivity contribution is 5.94. The third-order valence-corrected chi connectivity index (χ3v) is 3.18. The second-order valence-corrected chi connectivity index (χ2v) is 4.72. The van der Waals surface area contributed by atoms with Gasteiger partial charge in [0, 0.05) is 18.0 Å². The molecule has 1 heterocycles. The summed E-state index contributed by atoms with van der Waals surface area (Å²) in [6, 6.07) is 11.3. The molecule has 0 aliphatic heterocycles. The standard InChI is InChI=1S/C16H19N3O/c1-12(15-3-2-10-18-11-15)19-16(20)14-6-4-13(5-7-14)8-9-17/h2-7,10-12H,8-9,17H2,1H3,(H,19,20)/t12-/m1/s1. The summed E-state index contributed by atoms with van der Waals surface area (Å²) in [5.41, 5.74) is 8.29. The van der Waals surface area contributed by atoms with Crippen molar-refractivity contribution in [2.24, 2.45) is 5.73 Å². The van der Waals surface area contributed by atoms with Crippen molar-refractivity contribution in [3.8, 4) is 0 Å². The van der Waals surface area contributed by atoms with Crippen LogP contribution in [0.25, 0.3) is 0 Å². The Hall–Kier alpha value is -2.20. The molecule has 0 radical (unpaired) electrons. The van der Waals surface area contributed by atoms with Gasteiger partial charge in [0.25, 0.3) is 5.91 Å². The maximum absolute atomic E-state index is 12.1. The molecular weight excluding hydrogens is 250 g/mol. The smallest absolute Gasteiger partial charge is 0.251 e. The molecule has 0 aliphatic carbocycles. The van der Waals surface area contributed by atoms with Crippen molar-refractivity contribution in [2.45, 2.75) is 19.4 Å². The van der Waals surface area contributed by atoms with Crippen LogP contribution in [0.5, 0.6) is 0 Å². The van der Waals surface area contributed by atoms with Gasteiger partial charge in [-0.2, -0.15) is 0 Å². The molecule has 0 saturated heterocycles. The predicted molar refractivity (Wildman–Crippen MR) is 79.3 cm³/mol. The highest BCUT2D eigenvalue weighted by Crippen LogP contribution is 2.12. The van der Waals surface area contributed by atoms with E-state index < -0.39 is 0 Å². The Balaban J connectivity index is 2.01. The lowest BCUT2D eigenvalue weighted by Crippen LogP contribution is -2.26. The van der Waals surface area contributed by atoms with E-state index in [4.69, 9.17) is 5.73 Å². The van der Waals surface area contributed by atoms with Crippen LogP contribution in [0.3, 0.4) is 0 Å². The quantitative estimate of drug-likeness (QED) is 0.873. The van der Waals surface area contributed by atoms with E-state index in [0.29, 0.717) is 12.1 Å². The Bertz CT molecular complexity index is 552. The molecule has 0 saturated carbocycles. The predicted octanol–water partition coefficient (Wildman–Crippen LogP) is 2.07. The van der Waals surface area contributed by atoms with Gasteiger partial charge in [-0.25, -0.2) is 0 Å². The van der Waals surface area contributed by atoms with Crippen molar-refractivity contribution >= 4 is 5.91 Å². The van der Waals surface area contributed by atoms with Crippen LogP contribution in [0.1, 0.15) is 34.5 Å². The van der Waals surface area contributed by atoms with Crippen LogP contribution in [0.2, 0.25) is 0 Å². The summed E-state index contributed by atoms with van der Waals surface area (Å²) in [5.74, 6) is -0.0827. The zero-order valence-corrected chi connectivity index (χ0v) is 11.5. The summed E-state index contributed by atoms with van der Waals surface area (Å²) in [7, 11) is 0. The van der Waals surface area contributed by atoms with Crippen LogP contribution in [0.4, 0.5) is 0 Å². The minimum atomic E-state index is -0.0827. The molecule has 1 atom stereocenters. The number of hydrogen-bond acceptors (Lipinski definition) is 3. The lowest BCUT2D eigenvalue weighted by Gasteiger charge is -2.14. The second kappa shape index (κ2) is 6.82. The van der Waals surface area contributed by atoms with Crippen molar-refractivity contribution in [3.05, 3.63) is 65.5 Å². The number of benzene rings is 1. The van der Waals surface area contributed by atoms with E-state index in [-0.39, 0.29) is 11.9 Å². The van der Waals surface area contributed by atoms with Crippen molar-refractivity contribution in [1.82, 2.24) is 10.3 Å². The molecule has 3 N–H and O–H groups in total. The fraction of sp³-hybridized carbons (Fsp3) is 0.250. The van der Waals surface area contributed by atoms with Gasteiger partial charge in [-0.15, -0.1) is 0 Å². The van der Waals surface area contributed by atoms with E-state index in [2.05, 4.69) is 10.3 Å². The number of nitrogens with two attached hydrogens (primary N) is 1. The SMILES string of the molecule is C[C@@H](NC(=O)c1ccc(CCN)cc1)c1cccnc1. The Morgan fingerprint density at radius 1 is 1.30 bits per heavy atom. The lowest BCUT2D eigenvalue weighted by molar-refractivity contribution is 0.0940. The molecule has 0 unspecified atom stereocenters. The van der Waals surface area contributed by atoms with E-state index in [1.165, 1.54) is 0 Å². The van der Waals surface area contributed by atoms with E-state index >= 15 is 0 Å². The van der Waals surface area contributed by atoms with Gasteiger partial charge < -0.3 is 11.1 Å². The molecular formula is C16H19N3O. The van der Waals surface area contributed by atoms with Crippen molar-refractivity contribution in [1.29, 1.82) is 0 Å². The van der Waals surface area contributed by atoms with Crippen LogP contribution < -0.4 is 11.1 Å². The van der Waals surface area contributed by atoms with Crippen LogP contribution in [-0.2, 0) is 6.42 Å². The first kappa shape index (κ1) is 14.2. The number of amides is 1. The Kier molecular flexibility index (Phi) is 4.85. The molecule has 0 spiro atoms. The highest BCUT2D eigenvalue weighted by atomic mass is 16.1. The molecule has 20 heavy (non-hydrogen) atoms. The fourth-order valence-corrected chi connectivity index (χ4v) is 1.98. The number of carbonyl (C=O) groups excluding carboxylic acids is 1. The van der Waals surface area contributed by atoms with E-state index in [1.807, 2.05) is 43.3 Å². The largest absolute Gasteiger partial charge is 0.345 e. The number of hydrogen-bond donors (Lipinski definition) is 2. The van der Waals surface area contributed by atoms with Crippen molar-refractivity contribution in [2.75, 3.05) is 6.54 Å². The van der Waals surface area contributed by atoms with Crippen molar-refractivity contribution in [3.63, 3.8) is 0 Å². The number of aromatic nitrogens is 1. The molecule has 2 rings (SSSR count). The zero-order chi connectivity index (χ0) is 14.4. The van der Waals surface area contributed by atoms with Gasteiger partial charge in [0.2, 0.25) is 0 Å². The summed E-state index contributed by atoms with van der Waals surface area (Å²) in [6.07, 6.45) is 4.30. The lowest BCUT2D eigenvalue weighted by atomic mass is 10.1. The fourth-order valence-electron chi connectivity index (χ4n) is 1.98. The molecule has 0 bridgehead atoms. The minimum Gasteiger partial charge on any atom is -0.345 e. The first-order chi connectivity index (χ1) is 9.70. The number of rotatable bonds is 5. The van der Waals surface area contributed by atoms with Crippen LogP contribution in [-0.4, -0.2) is 17.4 Å². The Morgan fingerprint density at radius 2 is 2.05 bits per heavy atom. The number of carbonyl (C=O) groups is 1. The second-order valence-electron chi connectivity index (χ2n) is 4.72. The van der Waals surface area contributed by atoms with Crippen molar-refractivity contribution < 1.29 is 4.79 Å². The molecule has 104 valence electrons. The summed E-state index contributed by atoms with van der Waals surface area (Å²) in [6.45, 7) is 2.56. The average molecular weight is 269 g/mol. The number of nitrogens with one attached hydrogen (secondary N) is 1. The third-order valence-electron chi connectivity index (χ3n) is 3.18. The average Bonchev–Trinajstić information content (AvgIpc) is 2.49. The number of pyridine rings is 1. The van der Waals surface area contributed by atoms with E-state index in [0.717, 1.165) is 17.5 Å². The molecule has 1 aromatic heterocycles. The Labute approximate surface area is 119 Å². The van der Waals surface area contributed by atoms with Gasteiger partial charge in [0.15, 0.2) is 0 Å². The molecule has 1 amide bonds. The monoisotopic (exact) mass is 269 g/mol. The minimum absolute atomic E-state index is 0.0695. The van der Waals surface area contributed by atoms with Crippen LogP contribution in [0.15, 0.2) is 48.8 Å². The normalized spacial score (nSPS) is 11.9. The highest BCUT2D eigenvalue weighted by Gasteiger charge is 2.11. The zero-order valence-electron chi connectivity index (χ0n) is 11.5. The summed E-state index contributed by atoms with van der Waals surface area (Å²) < 4.78 is 0. The summed E-state index contributed by atoms with van der Waals surface area (Å²) in [4.78, 5) is 16.2. The van der Waals surface area contributed by atoms with Gasteiger partial charge >= 0.3 is 0 Å². The molecule has 4 nitrogen and oxygen atoms in total. The first-order valence-electron chi connectivity index (χ1n) is 6.70. The van der Waals surface area contributed by atoms with E-state index in [1.54, 1.807) is 12.4 Å². The van der Waals surface area contributed by atoms with Gasteiger partial charge in [0.1, 0.15) is 0 Å². The van der Waals surface area contributed by atoms with Crippen LogP contribution in [0, 0.1) is 0 Å². The van der Waals surface area contributed by atoms with Gasteiger partial charge in [-0.05, 0) is 49.2 Å². The maximum Gasteiger partial charge on any atom is 0.251 e. The number of nitrogens with zero attached hydrogens (tertiary/aromatic N) is 1. The van der Waals surface area contributed by atoms with Gasteiger partial charge in [0.05, 0.1) is 6.04 Å². The maximum atomic E-state index is 12.1. The summed E-state index contributed by atoms with van der Waals surface area (Å²) >= 11 is 0. The first-order valence-corrected chi connectivity index (χ1v) is 6.70. The van der Waals surface area contributed by atoms with Gasteiger partial charge in [-0.1, -0.05) is 18.2 Å². The third kappa shape index (κ3) is 3.65. The molecule has 1 aromatic carbocycles. The molecule has 2 aromatic rings. The molecule has 0 aliphatic rings. The molecule has 4 heteroatoms. The van der Waals surface area contributed by atoms with Gasteiger partial charge in [-0.3, -0.25) is 9.78 Å². The van der Waals surface area contributed by atoms with Crippen LogP contribution >= 0.6 is 0 Å². The van der Waals surface area contributed by atoms with E-state index in [9.17, 15) is 4.79 Å². The topological polar surface area (TPSA) is 68.0 Å².